The number of carbonyl (C=O) groups is 1. The summed E-state index contributed by atoms with van der Waals surface area (Å²) in [7, 11) is -3.72. The summed E-state index contributed by atoms with van der Waals surface area (Å²) in [5, 5.41) is 7.24. The van der Waals surface area contributed by atoms with Crippen molar-refractivity contribution in [1.82, 2.24) is 4.72 Å². The normalized spacial score (nSPS) is 21.1. The van der Waals surface area contributed by atoms with E-state index in [2.05, 4.69) is 4.72 Å². The summed E-state index contributed by atoms with van der Waals surface area (Å²) in [4.78, 5) is 10.6. The van der Waals surface area contributed by atoms with Crippen molar-refractivity contribution in [3.05, 3.63) is 0 Å². The molecule has 5 nitrogen and oxygen atoms in total. The molecule has 0 saturated carbocycles. The summed E-state index contributed by atoms with van der Waals surface area (Å²) in [5.41, 5.74) is 0. The molecule has 0 aliphatic carbocycles. The molecule has 0 bridgehead atoms. The highest BCUT2D eigenvalue weighted by Gasteiger charge is 2.30. The number of nitrogens with one attached hydrogen (secondary N) is 1. The van der Waals surface area contributed by atoms with Crippen molar-refractivity contribution in [2.75, 3.05) is 11.5 Å². The van der Waals surface area contributed by atoms with Gasteiger partial charge in [0.25, 0.3) is 0 Å². The Hall–Kier alpha value is -0.270. The van der Waals surface area contributed by atoms with Crippen LogP contribution in [0.2, 0.25) is 0 Å². The maximum atomic E-state index is 11.5. The van der Waals surface area contributed by atoms with Gasteiger partial charge in [-0.25, -0.2) is 13.1 Å². The Kier molecular flexibility index (Phi) is 4.42. The van der Waals surface area contributed by atoms with Crippen molar-refractivity contribution in [2.45, 2.75) is 31.1 Å². The van der Waals surface area contributed by atoms with Crippen molar-refractivity contribution < 1.29 is 18.3 Å². The third-order valence-electron chi connectivity index (χ3n) is 2.37. The van der Waals surface area contributed by atoms with Crippen molar-refractivity contribution in [2.24, 2.45) is 0 Å². The van der Waals surface area contributed by atoms with Gasteiger partial charge in [0, 0.05) is 6.04 Å². The number of hydrogen-bond acceptors (Lipinski definition) is 4. The summed E-state index contributed by atoms with van der Waals surface area (Å²) >= 11 is 1.79. The molecule has 0 spiro atoms. The van der Waals surface area contributed by atoms with E-state index in [9.17, 15) is 13.2 Å². The van der Waals surface area contributed by atoms with Gasteiger partial charge in [-0.15, -0.1) is 0 Å². The van der Waals surface area contributed by atoms with Crippen LogP contribution in [-0.2, 0) is 14.8 Å². The van der Waals surface area contributed by atoms with Gasteiger partial charge in [-0.3, -0.25) is 4.79 Å². The number of carboxylic acids is 1. The molecular weight excluding hydrogens is 238 g/mol. The van der Waals surface area contributed by atoms with E-state index in [0.717, 1.165) is 24.3 Å². The highest BCUT2D eigenvalue weighted by Crippen LogP contribution is 2.18. The van der Waals surface area contributed by atoms with Gasteiger partial charge >= 0.3 is 5.97 Å². The summed E-state index contributed by atoms with van der Waals surface area (Å²) < 4.78 is 25.5. The summed E-state index contributed by atoms with van der Waals surface area (Å²) in [6.07, 6.45) is 1.55. The Bertz CT molecular complexity index is 322. The molecule has 0 aromatic rings. The second-order valence-electron chi connectivity index (χ2n) is 3.53. The second-order valence-corrected chi connectivity index (χ2v) is 6.79. The Balaban J connectivity index is 2.58. The Morgan fingerprint density at radius 2 is 2.00 bits per heavy atom. The summed E-state index contributed by atoms with van der Waals surface area (Å²) in [6, 6.07) is -0.0990. The minimum atomic E-state index is -3.72. The van der Waals surface area contributed by atoms with Crippen molar-refractivity contribution >= 4 is 27.8 Å². The lowest BCUT2D eigenvalue weighted by Gasteiger charge is -2.23. The average molecular weight is 253 g/mol. The molecule has 1 atom stereocenters. The zero-order chi connectivity index (χ0) is 11.5. The van der Waals surface area contributed by atoms with Crippen LogP contribution in [0.15, 0.2) is 0 Å². The molecule has 0 aromatic carbocycles. The van der Waals surface area contributed by atoms with Crippen LogP contribution in [0, 0.1) is 0 Å². The highest BCUT2D eigenvalue weighted by molar-refractivity contribution is 7.99. The highest BCUT2D eigenvalue weighted by atomic mass is 32.2. The topological polar surface area (TPSA) is 83.5 Å². The van der Waals surface area contributed by atoms with Crippen LogP contribution in [0.1, 0.15) is 19.8 Å². The van der Waals surface area contributed by atoms with Crippen molar-refractivity contribution in [1.29, 1.82) is 0 Å². The smallest absolute Gasteiger partial charge is 0.323 e. The molecule has 1 rings (SSSR count). The predicted molar refractivity (Wildman–Crippen MR) is 59.5 cm³/mol. The van der Waals surface area contributed by atoms with Gasteiger partial charge < -0.3 is 5.11 Å². The first-order chi connectivity index (χ1) is 6.93. The Morgan fingerprint density at radius 3 is 2.47 bits per heavy atom. The lowest BCUT2D eigenvalue weighted by atomic mass is 10.2. The third kappa shape index (κ3) is 3.66. The first kappa shape index (κ1) is 12.8. The second kappa shape index (κ2) is 5.18. The van der Waals surface area contributed by atoms with Gasteiger partial charge in [-0.05, 0) is 31.3 Å². The van der Waals surface area contributed by atoms with E-state index < -0.39 is 21.2 Å². The van der Waals surface area contributed by atoms with E-state index in [0.29, 0.717) is 0 Å². The van der Waals surface area contributed by atoms with Crippen molar-refractivity contribution in [3.8, 4) is 0 Å². The first-order valence-corrected chi connectivity index (χ1v) is 7.45. The standard InChI is InChI=1S/C8H15NO4S2/c1-6(8(10)11)15(12,13)9-7-2-4-14-5-3-7/h6-7,9H,2-5H2,1H3,(H,10,11). The molecule has 0 amide bonds. The van der Waals surface area contributed by atoms with E-state index in [-0.39, 0.29) is 6.04 Å². The van der Waals surface area contributed by atoms with Crippen LogP contribution in [0.5, 0.6) is 0 Å². The Labute approximate surface area is 93.7 Å². The fourth-order valence-corrected chi connectivity index (χ4v) is 3.56. The lowest BCUT2D eigenvalue weighted by Crippen LogP contribution is -2.44. The molecule has 2 N–H and O–H groups in total. The van der Waals surface area contributed by atoms with Crippen LogP contribution >= 0.6 is 11.8 Å². The van der Waals surface area contributed by atoms with Gasteiger partial charge in [0.15, 0.2) is 5.25 Å². The number of carboxylic acid groups (broad SMARTS) is 1. The molecule has 0 aromatic heterocycles. The van der Waals surface area contributed by atoms with E-state index in [1.54, 1.807) is 11.8 Å². The molecular formula is C8H15NO4S2. The predicted octanol–water partition coefficient (Wildman–Crippen LogP) is 0.274. The van der Waals surface area contributed by atoms with Gasteiger partial charge in [0.2, 0.25) is 10.0 Å². The molecule has 1 aliphatic heterocycles. The average Bonchev–Trinajstić information content (AvgIpc) is 2.17. The van der Waals surface area contributed by atoms with Gasteiger partial charge in [-0.2, -0.15) is 11.8 Å². The largest absolute Gasteiger partial charge is 0.480 e. The van der Waals surface area contributed by atoms with Gasteiger partial charge in [0.1, 0.15) is 0 Å². The maximum absolute atomic E-state index is 11.5. The molecule has 1 unspecified atom stereocenters. The number of aliphatic carboxylic acids is 1. The SMILES string of the molecule is CC(C(=O)O)S(=O)(=O)NC1CCSCC1. The van der Waals surface area contributed by atoms with E-state index in [1.165, 1.54) is 6.92 Å². The number of rotatable bonds is 4. The van der Waals surface area contributed by atoms with Gasteiger partial charge in [-0.1, -0.05) is 0 Å². The molecule has 1 aliphatic rings. The third-order valence-corrected chi connectivity index (χ3v) is 5.21. The molecule has 1 heterocycles. The van der Waals surface area contributed by atoms with E-state index in [1.807, 2.05) is 0 Å². The molecule has 0 radical (unpaired) electrons. The quantitative estimate of drug-likeness (QED) is 0.751. The summed E-state index contributed by atoms with van der Waals surface area (Å²) in [6.45, 7) is 1.18. The van der Waals surface area contributed by atoms with Crippen LogP contribution in [-0.4, -0.2) is 42.3 Å². The molecule has 88 valence electrons. The van der Waals surface area contributed by atoms with E-state index in [4.69, 9.17) is 5.11 Å². The minimum Gasteiger partial charge on any atom is -0.480 e. The number of thioether (sulfide) groups is 1. The minimum absolute atomic E-state index is 0.0990. The number of sulfonamides is 1. The van der Waals surface area contributed by atoms with E-state index >= 15 is 0 Å². The van der Waals surface area contributed by atoms with Crippen LogP contribution < -0.4 is 4.72 Å². The van der Waals surface area contributed by atoms with Crippen LogP contribution in [0.4, 0.5) is 0 Å². The Morgan fingerprint density at radius 1 is 1.47 bits per heavy atom. The molecule has 7 heteroatoms. The maximum Gasteiger partial charge on any atom is 0.323 e. The van der Waals surface area contributed by atoms with Gasteiger partial charge in [0.05, 0.1) is 0 Å². The van der Waals surface area contributed by atoms with Crippen LogP contribution in [0.25, 0.3) is 0 Å². The molecule has 1 fully saturated rings. The summed E-state index contributed by atoms with van der Waals surface area (Å²) in [5.74, 6) is 0.538. The molecule has 15 heavy (non-hydrogen) atoms. The monoisotopic (exact) mass is 253 g/mol. The fraction of sp³-hybridized carbons (Fsp3) is 0.875. The zero-order valence-corrected chi connectivity index (χ0v) is 10.1. The zero-order valence-electron chi connectivity index (χ0n) is 8.47. The van der Waals surface area contributed by atoms with Crippen LogP contribution in [0.3, 0.4) is 0 Å². The number of hydrogen-bond donors (Lipinski definition) is 2. The van der Waals surface area contributed by atoms with Crippen molar-refractivity contribution in [3.63, 3.8) is 0 Å². The first-order valence-electron chi connectivity index (χ1n) is 4.75. The molecule has 1 saturated heterocycles. The fourth-order valence-electron chi connectivity index (χ4n) is 1.28. The lowest BCUT2D eigenvalue weighted by molar-refractivity contribution is -0.136.